The molecule has 2 amide bonds. The number of aromatic nitrogens is 1. The van der Waals surface area contributed by atoms with E-state index in [4.69, 9.17) is 19.5 Å². The summed E-state index contributed by atoms with van der Waals surface area (Å²) in [6.45, 7) is 56.7. The molecule has 1 aromatic heterocycles. The Morgan fingerprint density at radius 3 is 1.52 bits per heavy atom. The second kappa shape index (κ2) is 29.1. The first kappa shape index (κ1) is 75.1. The number of H-pyrrole nitrogens is 1. The smallest absolute Gasteiger partial charge is 0.550 e. The maximum atomic E-state index is 15.3. The molecule has 3 aliphatic rings. The number of rotatable bonds is 16. The third-order valence-corrected chi connectivity index (χ3v) is 18.1. The SMILES string of the molecule is C=C(C)C(=O)OCCSC(C)C(=O)N=C1[N-]/C(=C\c2[nH]c(NC(=O)C(C)(C)C)c(C(=O)OC3C(C(C)(C)C)CC(C)CC3C(C)(C)C)c2C(C)C)C(C(C)C)=C1C(=O)OC1C(C(C)(C)C)CC(C)CC1C(C)(C)C.CCC(C)(C)C(=O)[O-].[Zn+2]. The van der Waals surface area contributed by atoms with Crippen molar-refractivity contribution < 1.29 is 67.6 Å². The number of aliphatic imine (C=N–C) groups is 1. The fraction of sp³-hybridized carbons (Fsp3) is 0.746. The summed E-state index contributed by atoms with van der Waals surface area (Å²) in [5.74, 6) is -2.32. The largest absolute Gasteiger partial charge is 2.00 e. The van der Waals surface area contributed by atoms with Gasteiger partial charge < -0.3 is 44.7 Å². The number of carboxylic acids is 1. The average molecular weight is 1230 g/mol. The standard InChI is InChI=1S/C61H98N4O8S.C6H12O2.Zn/c1-32(2)44-42(31-43-45(33(3)4)47(51(63-43)65-56(70)61(22,23)24)55(69)73-49-40(59(16,17)18)29-36(8)30-41(49)60(19,20)21)62-50(64-52(66)37(9)74-26-25-71-53(67)34(5)6)46(44)54(68)72-48-38(57(10,11)12)27-35(7)28-39(48)58(13,14)15;1-4-6(2,3)5(7)8;/h31-33,35-41,48-49H,5,25-30H2,1-4,6-24H3,(H3,62,63,64,65,66,68,69,70);4H2,1-3H3,(H,7,8);/q;;+2/p-2. The molecule has 0 aromatic carbocycles. The second-order valence-electron chi connectivity index (χ2n) is 30.7. The first-order chi connectivity index (χ1) is 37.2. The van der Waals surface area contributed by atoms with E-state index in [1.165, 1.54) is 11.8 Å². The maximum Gasteiger partial charge on any atom is 2.00 e. The van der Waals surface area contributed by atoms with Gasteiger partial charge >= 0.3 is 37.4 Å². The number of hydrogen-bond acceptors (Lipinski definition) is 11. The van der Waals surface area contributed by atoms with Gasteiger partial charge in [0.05, 0.1) is 10.8 Å². The van der Waals surface area contributed by atoms with E-state index in [2.05, 4.69) is 119 Å². The van der Waals surface area contributed by atoms with E-state index in [0.717, 1.165) is 25.7 Å². The van der Waals surface area contributed by atoms with Gasteiger partial charge in [0, 0.05) is 57.5 Å². The number of aliphatic carboxylic acids is 1. The number of nitrogens with zero attached hydrogens (tertiary/aromatic N) is 2. The van der Waals surface area contributed by atoms with Crippen molar-refractivity contribution in [2.75, 3.05) is 17.7 Å². The molecule has 4 rings (SSSR count). The molecular weight excluding hydrogens is 1120 g/mol. The first-order valence-corrected chi connectivity index (χ1v) is 31.2. The summed E-state index contributed by atoms with van der Waals surface area (Å²) in [6, 6.07) is 0. The van der Waals surface area contributed by atoms with Crippen LogP contribution in [0.3, 0.4) is 0 Å². The van der Waals surface area contributed by atoms with Crippen molar-refractivity contribution in [3.05, 3.63) is 51.1 Å². The molecule has 16 heteroatoms. The van der Waals surface area contributed by atoms with Gasteiger partial charge in [-0.05, 0) is 120 Å². The van der Waals surface area contributed by atoms with Gasteiger partial charge in [0.2, 0.25) is 5.91 Å². The molecule has 0 bridgehead atoms. The molecule has 83 heavy (non-hydrogen) atoms. The topological polar surface area (TPSA) is 207 Å². The normalized spacial score (nSPS) is 24.1. The summed E-state index contributed by atoms with van der Waals surface area (Å²) in [4.78, 5) is 89.0. The van der Waals surface area contributed by atoms with Crippen LogP contribution < -0.4 is 10.4 Å². The first-order valence-electron chi connectivity index (χ1n) is 30.1. The molecule has 2 aliphatic carbocycles. The van der Waals surface area contributed by atoms with Crippen LogP contribution in [0.4, 0.5) is 5.82 Å². The fourth-order valence-electron chi connectivity index (χ4n) is 11.4. The molecule has 2 N–H and O–H groups in total. The number of ether oxygens (including phenoxy) is 3. The van der Waals surface area contributed by atoms with Gasteiger partial charge in [-0.15, -0.1) is 11.8 Å². The van der Waals surface area contributed by atoms with Crippen LogP contribution >= 0.6 is 11.8 Å². The van der Waals surface area contributed by atoms with Crippen LogP contribution in [0.5, 0.6) is 0 Å². The molecule has 1 aromatic rings. The van der Waals surface area contributed by atoms with E-state index in [-0.39, 0.29) is 124 Å². The van der Waals surface area contributed by atoms with Crippen molar-refractivity contribution in [3.63, 3.8) is 0 Å². The van der Waals surface area contributed by atoms with E-state index < -0.39 is 52.0 Å². The summed E-state index contributed by atoms with van der Waals surface area (Å²) in [5, 5.41) is 17.6. The fourth-order valence-corrected chi connectivity index (χ4v) is 12.2. The Labute approximate surface area is 518 Å². The van der Waals surface area contributed by atoms with Gasteiger partial charge in [0.25, 0.3) is 0 Å². The molecule has 5 atom stereocenters. The summed E-state index contributed by atoms with van der Waals surface area (Å²) in [7, 11) is 0. The molecule has 1 aliphatic heterocycles. The third-order valence-electron chi connectivity index (χ3n) is 17.0. The van der Waals surface area contributed by atoms with Crippen LogP contribution in [0.25, 0.3) is 11.4 Å². The van der Waals surface area contributed by atoms with Crippen LogP contribution in [-0.4, -0.2) is 76.3 Å². The minimum absolute atomic E-state index is 0. The second-order valence-corrected chi connectivity index (χ2v) is 32.1. The number of carbonyl (C=O) groups excluding carboxylic acids is 6. The number of amides is 2. The van der Waals surface area contributed by atoms with Gasteiger partial charge in [-0.3, -0.25) is 9.59 Å². The number of thioether (sulfide) groups is 1. The van der Waals surface area contributed by atoms with E-state index in [1.807, 2.05) is 55.4 Å². The van der Waals surface area contributed by atoms with Crippen LogP contribution in [0.15, 0.2) is 34.0 Å². The predicted octanol–water partition coefficient (Wildman–Crippen LogP) is 15.1. The van der Waals surface area contributed by atoms with Gasteiger partial charge in [-0.1, -0.05) is 173 Å². The molecule has 0 spiro atoms. The number of nitrogens with one attached hydrogen (secondary N) is 2. The van der Waals surface area contributed by atoms with Gasteiger partial charge in [-0.25, -0.2) is 14.4 Å². The maximum absolute atomic E-state index is 15.3. The number of carboxylic acid groups (broad SMARTS) is 1. The van der Waals surface area contributed by atoms with Crippen LogP contribution in [0.1, 0.15) is 240 Å². The summed E-state index contributed by atoms with van der Waals surface area (Å²) in [6.07, 6.45) is 5.24. The molecule has 0 saturated heterocycles. The molecule has 2 fully saturated rings. The van der Waals surface area contributed by atoms with E-state index in [1.54, 1.807) is 33.8 Å². The van der Waals surface area contributed by atoms with Crippen LogP contribution in [-0.2, 0) is 57.7 Å². The number of allylic oxidation sites excluding steroid dienone is 1. The van der Waals surface area contributed by atoms with Crippen molar-refractivity contribution in [2.24, 2.45) is 78.9 Å². The quantitative estimate of drug-likeness (QED) is 0.0523. The Balaban J connectivity index is 0.00000242. The summed E-state index contributed by atoms with van der Waals surface area (Å²) >= 11 is 1.27. The van der Waals surface area contributed by atoms with Crippen molar-refractivity contribution in [1.82, 2.24) is 4.98 Å². The summed E-state index contributed by atoms with van der Waals surface area (Å²) in [5.41, 5.74) is 0.556. The molecule has 5 unspecified atom stereocenters. The molecule has 14 nitrogen and oxygen atoms in total. The number of hydrogen-bond donors (Lipinski definition) is 2. The minimum atomic E-state index is -0.972. The zero-order valence-electron chi connectivity index (χ0n) is 56.2. The molecule has 0 radical (unpaired) electrons. The Hall–Kier alpha value is -4.04. The van der Waals surface area contributed by atoms with Crippen molar-refractivity contribution >= 4 is 65.2 Å². The number of aromatic amines is 1. The number of esters is 3. The number of amidine groups is 1. The summed E-state index contributed by atoms with van der Waals surface area (Å²) < 4.78 is 19.0. The Morgan fingerprint density at radius 2 is 1.17 bits per heavy atom. The Morgan fingerprint density at radius 1 is 0.735 bits per heavy atom. The Bertz CT molecular complexity index is 2540. The van der Waals surface area contributed by atoms with E-state index in [9.17, 15) is 24.3 Å². The molecule has 464 valence electrons. The minimum Gasteiger partial charge on any atom is -0.550 e. The average Bonchev–Trinajstić information content (AvgIpc) is 3.42. The van der Waals surface area contributed by atoms with E-state index >= 15 is 9.59 Å². The van der Waals surface area contributed by atoms with Crippen LogP contribution in [0.2, 0.25) is 0 Å². The zero-order valence-corrected chi connectivity index (χ0v) is 60.0. The van der Waals surface area contributed by atoms with E-state index in [0.29, 0.717) is 46.5 Å². The molecule has 2 heterocycles. The van der Waals surface area contributed by atoms with Crippen LogP contribution in [0, 0.1) is 73.9 Å². The molecule has 2 saturated carbocycles. The van der Waals surface area contributed by atoms with Crippen molar-refractivity contribution in [3.8, 4) is 0 Å². The van der Waals surface area contributed by atoms with Gasteiger partial charge in [0.15, 0.2) is 5.91 Å². The zero-order chi connectivity index (χ0) is 63.3. The Kier molecular flexibility index (Phi) is 26.3. The van der Waals surface area contributed by atoms with Gasteiger partial charge in [0.1, 0.15) is 30.2 Å². The van der Waals surface area contributed by atoms with Crippen molar-refractivity contribution in [2.45, 2.75) is 235 Å². The molecular formula is C67H108N4O10SZn. The van der Waals surface area contributed by atoms with Crippen molar-refractivity contribution in [1.29, 1.82) is 0 Å². The van der Waals surface area contributed by atoms with Gasteiger partial charge in [-0.2, -0.15) is 0 Å². The number of carbonyl (C=O) groups is 6. The predicted molar refractivity (Wildman–Crippen MR) is 333 cm³/mol. The number of anilines is 1. The monoisotopic (exact) mass is 1220 g/mol. The third kappa shape index (κ3) is 20.0.